The summed E-state index contributed by atoms with van der Waals surface area (Å²) in [6, 6.07) is 14.8. The number of carbonyl (C=O) groups excluding carboxylic acids is 1. The first-order valence-electron chi connectivity index (χ1n) is 11.1. The second-order valence-electron chi connectivity index (χ2n) is 8.29. The van der Waals surface area contributed by atoms with Gasteiger partial charge < -0.3 is 10.1 Å². The number of nitriles is 1. The fourth-order valence-corrected chi connectivity index (χ4v) is 5.65. The van der Waals surface area contributed by atoms with Crippen molar-refractivity contribution in [2.75, 3.05) is 10.6 Å². The zero-order valence-electron chi connectivity index (χ0n) is 18.4. The number of amides is 1. The number of aromatic amines is 1. The molecule has 0 radical (unpaired) electrons. The number of aromatic nitrogens is 4. The first-order valence-corrected chi connectivity index (χ1v) is 11.9. The lowest BCUT2D eigenvalue weighted by Gasteiger charge is -2.23. The smallest absolute Gasteiger partial charge is 0.411 e. The van der Waals surface area contributed by atoms with Crippen molar-refractivity contribution >= 4 is 55.7 Å². The van der Waals surface area contributed by atoms with Crippen LogP contribution in [0.25, 0.3) is 21.1 Å². The predicted octanol–water partition coefficient (Wildman–Crippen LogP) is 5.29. The Bertz CT molecular complexity index is 1620. The van der Waals surface area contributed by atoms with Crippen LogP contribution in [-0.4, -0.2) is 32.4 Å². The third-order valence-electron chi connectivity index (χ3n) is 6.01. The number of carbonyl (C=O) groups is 1. The van der Waals surface area contributed by atoms with Gasteiger partial charge in [-0.25, -0.2) is 14.8 Å². The van der Waals surface area contributed by atoms with Gasteiger partial charge >= 0.3 is 6.09 Å². The number of fused-ring (bicyclic) bond motifs is 4. The monoisotopic (exact) mass is 481 g/mol. The van der Waals surface area contributed by atoms with E-state index >= 15 is 0 Å². The standard InChI is InChI=1S/C25H19N7O2S/c26-11-14-2-1-3-16(8-14)31-25(33)34-18-5-6-19-21(10-18)35-24-22(19)23(27-13-28-24)30-17-4-7-20-15(9-17)12-29-32-20/h1-4,7-9,12-13,18H,5-6,10H2,(H,29,32)(H,31,33)(H,27,28,30). The second kappa shape index (κ2) is 8.70. The van der Waals surface area contributed by atoms with Gasteiger partial charge in [-0.1, -0.05) is 6.07 Å². The number of thiophene rings is 1. The molecular weight excluding hydrogens is 462 g/mol. The van der Waals surface area contributed by atoms with E-state index in [1.54, 1.807) is 48.1 Å². The molecule has 1 amide bonds. The van der Waals surface area contributed by atoms with Crippen LogP contribution in [0, 0.1) is 11.3 Å². The van der Waals surface area contributed by atoms with Crippen LogP contribution in [0.5, 0.6) is 0 Å². The molecule has 1 aliphatic rings. The Morgan fingerprint density at radius 1 is 1.20 bits per heavy atom. The average molecular weight is 482 g/mol. The van der Waals surface area contributed by atoms with Gasteiger partial charge in [0, 0.05) is 28.1 Å². The number of H-pyrrole nitrogens is 1. The molecule has 3 heterocycles. The van der Waals surface area contributed by atoms with Crippen molar-refractivity contribution in [3.05, 3.63) is 71.0 Å². The summed E-state index contributed by atoms with van der Waals surface area (Å²) in [5, 5.41) is 24.3. The van der Waals surface area contributed by atoms with Crippen molar-refractivity contribution in [1.29, 1.82) is 5.26 Å². The zero-order valence-corrected chi connectivity index (χ0v) is 19.2. The van der Waals surface area contributed by atoms with Gasteiger partial charge in [0.15, 0.2) is 0 Å². The molecule has 0 fully saturated rings. The van der Waals surface area contributed by atoms with Crippen molar-refractivity contribution in [2.45, 2.75) is 25.4 Å². The fourth-order valence-electron chi connectivity index (χ4n) is 4.40. The van der Waals surface area contributed by atoms with Gasteiger partial charge in [0.05, 0.1) is 28.7 Å². The lowest BCUT2D eigenvalue weighted by molar-refractivity contribution is 0.103. The predicted molar refractivity (Wildman–Crippen MR) is 134 cm³/mol. The van der Waals surface area contributed by atoms with E-state index in [-0.39, 0.29) is 6.10 Å². The van der Waals surface area contributed by atoms with E-state index in [4.69, 9.17) is 10.00 Å². The molecule has 0 aliphatic heterocycles. The Morgan fingerprint density at radius 2 is 2.14 bits per heavy atom. The number of anilines is 3. The Balaban J connectivity index is 1.20. The number of hydrogen-bond donors (Lipinski definition) is 3. The molecule has 1 unspecified atom stereocenters. The van der Waals surface area contributed by atoms with Crippen molar-refractivity contribution < 1.29 is 9.53 Å². The molecule has 10 heteroatoms. The van der Waals surface area contributed by atoms with Gasteiger partial charge in [-0.2, -0.15) is 10.4 Å². The van der Waals surface area contributed by atoms with E-state index in [2.05, 4.69) is 36.9 Å². The summed E-state index contributed by atoms with van der Waals surface area (Å²) in [7, 11) is 0. The maximum absolute atomic E-state index is 12.4. The maximum atomic E-state index is 12.4. The fraction of sp³-hybridized carbons (Fsp3) is 0.160. The third-order valence-corrected chi connectivity index (χ3v) is 7.18. The SMILES string of the molecule is N#Cc1cccc(NC(=O)OC2CCc3c(sc4ncnc(Nc5ccc6[nH]ncc6c5)c34)C2)c1. The van der Waals surface area contributed by atoms with Crippen LogP contribution in [-0.2, 0) is 17.6 Å². The number of ether oxygens (including phenoxy) is 1. The number of hydrogen-bond acceptors (Lipinski definition) is 8. The molecule has 35 heavy (non-hydrogen) atoms. The summed E-state index contributed by atoms with van der Waals surface area (Å²) >= 11 is 1.61. The molecule has 6 rings (SSSR count). The Morgan fingerprint density at radius 3 is 3.06 bits per heavy atom. The molecule has 1 aliphatic carbocycles. The summed E-state index contributed by atoms with van der Waals surface area (Å²) in [5.41, 5.74) is 4.12. The van der Waals surface area contributed by atoms with E-state index in [0.717, 1.165) is 43.9 Å². The molecule has 2 aromatic carbocycles. The highest BCUT2D eigenvalue weighted by molar-refractivity contribution is 7.19. The van der Waals surface area contributed by atoms with Crippen LogP contribution in [0.1, 0.15) is 22.4 Å². The minimum Gasteiger partial charge on any atom is -0.446 e. The molecule has 5 aromatic rings. The number of rotatable bonds is 4. The molecular formula is C25H19N7O2S. The highest BCUT2D eigenvalue weighted by Crippen LogP contribution is 2.39. The number of nitrogens with zero attached hydrogens (tertiary/aromatic N) is 4. The summed E-state index contributed by atoms with van der Waals surface area (Å²) in [6.07, 6.45) is 4.70. The normalized spacial score (nSPS) is 14.9. The zero-order chi connectivity index (χ0) is 23.8. The topological polar surface area (TPSA) is 129 Å². The minimum absolute atomic E-state index is 0.234. The molecule has 3 N–H and O–H groups in total. The van der Waals surface area contributed by atoms with Gasteiger partial charge in [0.2, 0.25) is 0 Å². The summed E-state index contributed by atoms with van der Waals surface area (Å²) in [5.74, 6) is 0.768. The van der Waals surface area contributed by atoms with E-state index in [0.29, 0.717) is 24.1 Å². The van der Waals surface area contributed by atoms with Crippen LogP contribution in [0.15, 0.2) is 55.0 Å². The van der Waals surface area contributed by atoms with Crippen LogP contribution >= 0.6 is 11.3 Å². The summed E-state index contributed by atoms with van der Waals surface area (Å²) < 4.78 is 5.69. The molecule has 0 bridgehead atoms. The Kier molecular flexibility index (Phi) is 5.24. The molecule has 3 aromatic heterocycles. The lowest BCUT2D eigenvalue weighted by Crippen LogP contribution is -2.27. The minimum atomic E-state index is -0.522. The highest BCUT2D eigenvalue weighted by atomic mass is 32.1. The van der Waals surface area contributed by atoms with Crippen molar-refractivity contribution in [1.82, 2.24) is 20.2 Å². The van der Waals surface area contributed by atoms with Crippen LogP contribution in [0.3, 0.4) is 0 Å². The number of aryl methyl sites for hydroxylation is 1. The van der Waals surface area contributed by atoms with E-state index in [1.807, 2.05) is 18.2 Å². The average Bonchev–Trinajstić information content (AvgIpc) is 3.48. The molecule has 9 nitrogen and oxygen atoms in total. The second-order valence-corrected chi connectivity index (χ2v) is 9.37. The van der Waals surface area contributed by atoms with Crippen molar-refractivity contribution in [3.63, 3.8) is 0 Å². The van der Waals surface area contributed by atoms with Gasteiger partial charge in [-0.3, -0.25) is 10.4 Å². The largest absolute Gasteiger partial charge is 0.446 e. The summed E-state index contributed by atoms with van der Waals surface area (Å²) in [4.78, 5) is 23.5. The Hall–Kier alpha value is -4.49. The first-order chi connectivity index (χ1) is 17.2. The highest BCUT2D eigenvalue weighted by Gasteiger charge is 2.27. The van der Waals surface area contributed by atoms with Gasteiger partial charge in [-0.15, -0.1) is 11.3 Å². The summed E-state index contributed by atoms with van der Waals surface area (Å²) in [6.45, 7) is 0. The van der Waals surface area contributed by atoms with E-state index in [1.165, 1.54) is 5.56 Å². The molecule has 172 valence electrons. The maximum Gasteiger partial charge on any atom is 0.411 e. The molecule has 1 atom stereocenters. The van der Waals surface area contributed by atoms with Crippen LogP contribution in [0.4, 0.5) is 22.0 Å². The Labute approximate surface area is 203 Å². The lowest BCUT2D eigenvalue weighted by atomic mass is 9.94. The number of benzene rings is 2. The van der Waals surface area contributed by atoms with Crippen molar-refractivity contribution in [3.8, 4) is 6.07 Å². The third kappa shape index (κ3) is 4.13. The van der Waals surface area contributed by atoms with Crippen LogP contribution in [0.2, 0.25) is 0 Å². The molecule has 0 saturated carbocycles. The molecule has 0 saturated heterocycles. The van der Waals surface area contributed by atoms with E-state index in [9.17, 15) is 4.79 Å². The number of nitrogens with one attached hydrogen (secondary N) is 3. The first kappa shape index (κ1) is 21.1. The molecule has 0 spiro atoms. The quantitative estimate of drug-likeness (QED) is 0.318. The van der Waals surface area contributed by atoms with Gasteiger partial charge in [0.25, 0.3) is 0 Å². The van der Waals surface area contributed by atoms with E-state index < -0.39 is 6.09 Å². The van der Waals surface area contributed by atoms with Gasteiger partial charge in [-0.05, 0) is 54.8 Å². The van der Waals surface area contributed by atoms with Crippen LogP contribution < -0.4 is 10.6 Å². The van der Waals surface area contributed by atoms with Gasteiger partial charge in [0.1, 0.15) is 23.1 Å². The van der Waals surface area contributed by atoms with Crippen molar-refractivity contribution in [2.24, 2.45) is 0 Å².